The summed E-state index contributed by atoms with van der Waals surface area (Å²) in [7, 11) is 0. The van der Waals surface area contributed by atoms with E-state index in [1.807, 2.05) is 37.3 Å². The minimum absolute atomic E-state index is 0.350. The number of aliphatic carboxylic acids is 1. The summed E-state index contributed by atoms with van der Waals surface area (Å²) < 4.78 is 5.49. The molecule has 19 heavy (non-hydrogen) atoms. The summed E-state index contributed by atoms with van der Waals surface area (Å²) in [6.07, 6.45) is 2.31. The predicted molar refractivity (Wildman–Crippen MR) is 73.3 cm³/mol. The van der Waals surface area contributed by atoms with Gasteiger partial charge in [0.05, 0.1) is 12.0 Å². The average molecular weight is 263 g/mol. The summed E-state index contributed by atoms with van der Waals surface area (Å²) in [6, 6.07) is 9.77. The molecule has 0 aliphatic heterocycles. The van der Waals surface area contributed by atoms with E-state index in [1.165, 1.54) is 0 Å². The smallest absolute Gasteiger partial charge is 0.312 e. The summed E-state index contributed by atoms with van der Waals surface area (Å²) >= 11 is 0. The molecule has 0 saturated heterocycles. The van der Waals surface area contributed by atoms with Crippen molar-refractivity contribution >= 4 is 5.97 Å². The molecule has 1 unspecified atom stereocenters. The molecule has 0 bridgehead atoms. The van der Waals surface area contributed by atoms with Crippen molar-refractivity contribution in [3.63, 3.8) is 0 Å². The van der Waals surface area contributed by atoms with Crippen molar-refractivity contribution in [2.24, 2.45) is 0 Å². The van der Waals surface area contributed by atoms with Crippen molar-refractivity contribution in [1.82, 2.24) is 5.32 Å². The number of carboxylic acid groups (broad SMARTS) is 1. The first-order valence-corrected chi connectivity index (χ1v) is 6.83. The van der Waals surface area contributed by atoms with Gasteiger partial charge in [0.2, 0.25) is 0 Å². The van der Waals surface area contributed by atoms with Crippen LogP contribution in [0.4, 0.5) is 0 Å². The van der Waals surface area contributed by atoms with E-state index in [0.717, 1.165) is 25.0 Å². The SMILES string of the molecule is CCOC1CC(NCC(C(=O)O)c2ccccc2)C1. The van der Waals surface area contributed by atoms with Gasteiger partial charge in [-0.15, -0.1) is 0 Å². The van der Waals surface area contributed by atoms with Crippen LogP contribution in [0.15, 0.2) is 30.3 Å². The van der Waals surface area contributed by atoms with Crippen LogP contribution in [0.25, 0.3) is 0 Å². The van der Waals surface area contributed by atoms with Gasteiger partial charge in [-0.25, -0.2) is 0 Å². The zero-order valence-corrected chi connectivity index (χ0v) is 11.2. The van der Waals surface area contributed by atoms with Crippen molar-refractivity contribution in [3.05, 3.63) is 35.9 Å². The molecule has 1 aliphatic carbocycles. The number of hydrogen-bond donors (Lipinski definition) is 2. The first-order chi connectivity index (χ1) is 9.20. The fourth-order valence-electron chi connectivity index (χ4n) is 2.42. The average Bonchev–Trinajstić information content (AvgIpc) is 2.36. The van der Waals surface area contributed by atoms with E-state index in [2.05, 4.69) is 5.32 Å². The summed E-state index contributed by atoms with van der Waals surface area (Å²) in [5.74, 6) is -1.26. The third-order valence-electron chi connectivity index (χ3n) is 3.61. The van der Waals surface area contributed by atoms with Gasteiger partial charge in [0.1, 0.15) is 0 Å². The lowest BCUT2D eigenvalue weighted by atomic mass is 9.88. The molecule has 1 aromatic rings. The lowest BCUT2D eigenvalue weighted by Crippen LogP contribution is -2.47. The Morgan fingerprint density at radius 2 is 2.11 bits per heavy atom. The monoisotopic (exact) mass is 263 g/mol. The molecule has 0 radical (unpaired) electrons. The number of benzene rings is 1. The van der Waals surface area contributed by atoms with Gasteiger partial charge in [0.25, 0.3) is 0 Å². The summed E-state index contributed by atoms with van der Waals surface area (Å²) in [5.41, 5.74) is 0.850. The Morgan fingerprint density at radius 1 is 1.42 bits per heavy atom. The summed E-state index contributed by atoms with van der Waals surface area (Å²) in [6.45, 7) is 3.22. The molecule has 1 fully saturated rings. The van der Waals surface area contributed by atoms with Crippen molar-refractivity contribution in [3.8, 4) is 0 Å². The number of ether oxygens (including phenoxy) is 1. The first-order valence-electron chi connectivity index (χ1n) is 6.83. The molecule has 2 N–H and O–H groups in total. The second-order valence-electron chi connectivity index (χ2n) is 4.96. The zero-order valence-electron chi connectivity index (χ0n) is 11.2. The van der Waals surface area contributed by atoms with Gasteiger partial charge in [0.15, 0.2) is 0 Å². The van der Waals surface area contributed by atoms with E-state index < -0.39 is 11.9 Å². The summed E-state index contributed by atoms with van der Waals surface area (Å²) in [4.78, 5) is 11.3. The Labute approximate surface area is 113 Å². The second-order valence-corrected chi connectivity index (χ2v) is 4.96. The first kappa shape index (κ1) is 14.0. The van der Waals surface area contributed by atoms with Crippen LogP contribution >= 0.6 is 0 Å². The van der Waals surface area contributed by atoms with Crippen molar-refractivity contribution in [2.75, 3.05) is 13.2 Å². The molecular formula is C15H21NO3. The number of carboxylic acids is 1. The molecule has 0 heterocycles. The largest absolute Gasteiger partial charge is 0.481 e. The van der Waals surface area contributed by atoms with Gasteiger partial charge in [0, 0.05) is 19.2 Å². The molecule has 1 aliphatic rings. The van der Waals surface area contributed by atoms with E-state index >= 15 is 0 Å². The van der Waals surface area contributed by atoms with Crippen molar-refractivity contribution < 1.29 is 14.6 Å². The second kappa shape index (κ2) is 6.68. The molecular weight excluding hydrogens is 242 g/mol. The summed E-state index contributed by atoms with van der Waals surface area (Å²) in [5, 5.41) is 12.6. The number of nitrogens with one attached hydrogen (secondary N) is 1. The number of carbonyl (C=O) groups is 1. The van der Waals surface area contributed by atoms with E-state index in [1.54, 1.807) is 0 Å². The Bertz CT molecular complexity index is 401. The molecule has 1 aromatic carbocycles. The molecule has 0 spiro atoms. The Morgan fingerprint density at radius 3 is 2.68 bits per heavy atom. The normalized spacial score (nSPS) is 23.6. The molecule has 104 valence electrons. The van der Waals surface area contributed by atoms with Gasteiger partial charge in [-0.2, -0.15) is 0 Å². The molecule has 0 aromatic heterocycles. The van der Waals surface area contributed by atoms with Crippen LogP contribution in [0.1, 0.15) is 31.2 Å². The van der Waals surface area contributed by atoms with Crippen LogP contribution in [0, 0.1) is 0 Å². The van der Waals surface area contributed by atoms with Crippen LogP contribution in [0.2, 0.25) is 0 Å². The molecule has 1 saturated carbocycles. The van der Waals surface area contributed by atoms with Crippen molar-refractivity contribution in [2.45, 2.75) is 37.8 Å². The Kier molecular flexibility index (Phi) is 4.93. The third kappa shape index (κ3) is 3.78. The predicted octanol–water partition coefficient (Wildman–Crippen LogP) is 2.01. The molecule has 2 rings (SSSR count). The Hall–Kier alpha value is -1.39. The van der Waals surface area contributed by atoms with Gasteiger partial charge in [-0.3, -0.25) is 4.79 Å². The zero-order chi connectivity index (χ0) is 13.7. The topological polar surface area (TPSA) is 58.6 Å². The Balaban J connectivity index is 1.81. The number of hydrogen-bond acceptors (Lipinski definition) is 3. The minimum Gasteiger partial charge on any atom is -0.481 e. The molecule has 4 heteroatoms. The maximum Gasteiger partial charge on any atom is 0.312 e. The fourth-order valence-corrected chi connectivity index (χ4v) is 2.42. The van der Waals surface area contributed by atoms with Gasteiger partial charge in [-0.05, 0) is 25.3 Å². The quantitative estimate of drug-likeness (QED) is 0.790. The minimum atomic E-state index is -0.778. The maximum atomic E-state index is 11.3. The van der Waals surface area contributed by atoms with Crippen molar-refractivity contribution in [1.29, 1.82) is 0 Å². The van der Waals surface area contributed by atoms with Gasteiger partial charge >= 0.3 is 5.97 Å². The molecule has 4 nitrogen and oxygen atoms in total. The van der Waals surface area contributed by atoms with Crippen LogP contribution in [0.5, 0.6) is 0 Å². The van der Waals surface area contributed by atoms with Crippen LogP contribution in [0.3, 0.4) is 0 Å². The third-order valence-corrected chi connectivity index (χ3v) is 3.61. The lowest BCUT2D eigenvalue weighted by molar-refractivity contribution is -0.138. The fraction of sp³-hybridized carbons (Fsp3) is 0.533. The molecule has 0 amide bonds. The highest BCUT2D eigenvalue weighted by molar-refractivity contribution is 5.76. The van der Waals surface area contributed by atoms with Crippen LogP contribution < -0.4 is 5.32 Å². The highest BCUT2D eigenvalue weighted by Crippen LogP contribution is 2.24. The highest BCUT2D eigenvalue weighted by Gasteiger charge is 2.30. The number of rotatable bonds is 7. The highest BCUT2D eigenvalue weighted by atomic mass is 16.5. The lowest BCUT2D eigenvalue weighted by Gasteiger charge is -2.36. The van der Waals surface area contributed by atoms with Gasteiger partial charge < -0.3 is 15.2 Å². The van der Waals surface area contributed by atoms with E-state index in [4.69, 9.17) is 4.74 Å². The van der Waals surface area contributed by atoms with E-state index in [9.17, 15) is 9.90 Å². The van der Waals surface area contributed by atoms with Crippen LogP contribution in [-0.2, 0) is 9.53 Å². The van der Waals surface area contributed by atoms with E-state index in [0.29, 0.717) is 18.7 Å². The van der Waals surface area contributed by atoms with Crippen LogP contribution in [-0.4, -0.2) is 36.4 Å². The van der Waals surface area contributed by atoms with E-state index in [-0.39, 0.29) is 0 Å². The van der Waals surface area contributed by atoms with Gasteiger partial charge in [-0.1, -0.05) is 30.3 Å². The maximum absolute atomic E-state index is 11.3. The molecule has 1 atom stereocenters. The standard InChI is InChI=1S/C15H21NO3/c1-2-19-13-8-12(9-13)16-10-14(15(17)18)11-6-4-3-5-7-11/h3-7,12-14,16H,2,8-10H2,1H3,(H,17,18).